The molecule has 2 N–H and O–H groups in total. The molecule has 3 aromatic rings. The van der Waals surface area contributed by atoms with Crippen LogP contribution in [0.4, 0.5) is 11.5 Å². The number of nitrogens with zero attached hydrogens (tertiary/aromatic N) is 2. The van der Waals surface area contributed by atoms with E-state index < -0.39 is 9.84 Å². The highest BCUT2D eigenvalue weighted by Crippen LogP contribution is 2.31. The lowest BCUT2D eigenvalue weighted by molar-refractivity contribution is -0.117. The lowest BCUT2D eigenvalue weighted by Gasteiger charge is -2.23. The molecule has 1 atom stereocenters. The second kappa shape index (κ2) is 8.18. The van der Waals surface area contributed by atoms with Crippen LogP contribution in [0.15, 0.2) is 53.4 Å². The van der Waals surface area contributed by atoms with E-state index in [9.17, 15) is 13.2 Å². The first-order valence-electron chi connectivity index (χ1n) is 10.9. The topological polar surface area (TPSA) is 91.4 Å². The van der Waals surface area contributed by atoms with Crippen molar-refractivity contribution in [3.8, 4) is 0 Å². The zero-order valence-corrected chi connectivity index (χ0v) is 18.8. The van der Waals surface area contributed by atoms with Crippen molar-refractivity contribution in [2.75, 3.05) is 29.1 Å². The predicted molar refractivity (Wildman–Crippen MR) is 126 cm³/mol. The van der Waals surface area contributed by atoms with Crippen LogP contribution < -0.4 is 15.5 Å². The fourth-order valence-corrected chi connectivity index (χ4v) is 5.98. The largest absolute Gasteiger partial charge is 0.351 e. The van der Waals surface area contributed by atoms with Crippen LogP contribution in [0.1, 0.15) is 24.0 Å². The Hall–Kier alpha value is -2.97. The Bertz CT molecular complexity index is 1300. The molecule has 1 fully saturated rings. The molecule has 1 aromatic heterocycles. The van der Waals surface area contributed by atoms with Crippen molar-refractivity contribution in [2.45, 2.75) is 37.2 Å². The SMILES string of the molecule is Cc1ccc2nc(N3CCS(=O)(=O)c4ccccc4C3)cc(NC(=O)[C@@H]3CCCN3)c2c1. The van der Waals surface area contributed by atoms with Crippen LogP contribution in [-0.2, 0) is 21.2 Å². The fraction of sp³-hybridized carbons (Fsp3) is 0.333. The van der Waals surface area contributed by atoms with Gasteiger partial charge < -0.3 is 15.5 Å². The molecule has 7 nitrogen and oxygen atoms in total. The van der Waals surface area contributed by atoms with Crippen molar-refractivity contribution >= 4 is 38.2 Å². The van der Waals surface area contributed by atoms with Crippen LogP contribution >= 0.6 is 0 Å². The number of benzene rings is 2. The van der Waals surface area contributed by atoms with Crippen LogP contribution in [0.3, 0.4) is 0 Å². The molecule has 32 heavy (non-hydrogen) atoms. The Kier molecular flexibility index (Phi) is 5.35. The molecule has 0 bridgehead atoms. The summed E-state index contributed by atoms with van der Waals surface area (Å²) in [6.07, 6.45) is 1.81. The van der Waals surface area contributed by atoms with E-state index in [1.54, 1.807) is 12.1 Å². The maximum atomic E-state index is 12.8. The molecule has 2 aliphatic rings. The van der Waals surface area contributed by atoms with Gasteiger partial charge in [0.2, 0.25) is 5.91 Å². The van der Waals surface area contributed by atoms with E-state index in [-0.39, 0.29) is 17.7 Å². The summed E-state index contributed by atoms with van der Waals surface area (Å²) in [6, 6.07) is 14.8. The molecule has 5 rings (SSSR count). The molecular formula is C24H26N4O3S. The van der Waals surface area contributed by atoms with Gasteiger partial charge in [0.25, 0.3) is 0 Å². The number of aromatic nitrogens is 1. The van der Waals surface area contributed by atoms with E-state index in [1.165, 1.54) is 0 Å². The van der Waals surface area contributed by atoms with Gasteiger partial charge in [0.05, 0.1) is 27.9 Å². The van der Waals surface area contributed by atoms with E-state index in [4.69, 9.17) is 4.98 Å². The number of amides is 1. The number of rotatable bonds is 3. The lowest BCUT2D eigenvalue weighted by Crippen LogP contribution is -2.35. The van der Waals surface area contributed by atoms with Crippen molar-refractivity contribution in [3.05, 3.63) is 59.7 Å². The van der Waals surface area contributed by atoms with Crippen LogP contribution in [0.2, 0.25) is 0 Å². The Morgan fingerprint density at radius 1 is 1.19 bits per heavy atom. The first-order chi connectivity index (χ1) is 15.4. The monoisotopic (exact) mass is 450 g/mol. The second-order valence-electron chi connectivity index (χ2n) is 8.53. The first-order valence-corrected chi connectivity index (χ1v) is 12.6. The molecule has 1 saturated heterocycles. The number of carbonyl (C=O) groups is 1. The Labute approximate surface area is 187 Å². The summed E-state index contributed by atoms with van der Waals surface area (Å²) in [5.74, 6) is 0.625. The van der Waals surface area contributed by atoms with E-state index in [0.717, 1.165) is 41.4 Å². The number of pyridine rings is 1. The molecular weight excluding hydrogens is 424 g/mol. The minimum absolute atomic E-state index is 0.0192. The van der Waals surface area contributed by atoms with Gasteiger partial charge in [-0.05, 0) is 50.1 Å². The number of hydrogen-bond donors (Lipinski definition) is 2. The summed E-state index contributed by atoms with van der Waals surface area (Å²) in [6.45, 7) is 3.63. The highest BCUT2D eigenvalue weighted by molar-refractivity contribution is 7.91. The molecule has 2 aromatic carbocycles. The standard InChI is InChI=1S/C24H26N4O3S/c1-16-8-9-19-18(13-16)21(27-24(29)20-6-4-10-25-20)14-23(26-19)28-11-12-32(30,31)22-7-3-2-5-17(22)15-28/h2-3,5,7-9,13-14,20,25H,4,6,10-12,15H2,1H3,(H,26,27,29)/t20-/m0/s1. The van der Waals surface area contributed by atoms with Gasteiger partial charge in [-0.3, -0.25) is 4.79 Å². The normalized spacial score (nSPS) is 20.0. The predicted octanol–water partition coefficient (Wildman–Crippen LogP) is 3.03. The smallest absolute Gasteiger partial charge is 0.241 e. The zero-order valence-electron chi connectivity index (χ0n) is 18.0. The summed E-state index contributed by atoms with van der Waals surface area (Å²) in [4.78, 5) is 20.0. The van der Waals surface area contributed by atoms with E-state index in [1.807, 2.05) is 48.2 Å². The van der Waals surface area contributed by atoms with Gasteiger partial charge in [-0.25, -0.2) is 13.4 Å². The summed E-state index contributed by atoms with van der Waals surface area (Å²) in [7, 11) is -3.36. The third kappa shape index (κ3) is 3.96. The van der Waals surface area contributed by atoms with Gasteiger partial charge in [-0.1, -0.05) is 29.8 Å². The van der Waals surface area contributed by atoms with Crippen molar-refractivity contribution in [2.24, 2.45) is 0 Å². The van der Waals surface area contributed by atoms with Gasteiger partial charge in [0, 0.05) is 24.5 Å². The first kappa shape index (κ1) is 20.9. The molecule has 166 valence electrons. The number of fused-ring (bicyclic) bond motifs is 2. The number of sulfone groups is 1. The molecule has 0 unspecified atom stereocenters. The molecule has 3 heterocycles. The van der Waals surface area contributed by atoms with Crippen molar-refractivity contribution in [1.29, 1.82) is 0 Å². The summed E-state index contributed by atoms with van der Waals surface area (Å²) < 4.78 is 25.5. The van der Waals surface area contributed by atoms with Crippen molar-refractivity contribution in [3.63, 3.8) is 0 Å². The van der Waals surface area contributed by atoms with Crippen molar-refractivity contribution < 1.29 is 13.2 Å². The molecule has 0 saturated carbocycles. The van der Waals surface area contributed by atoms with E-state index in [0.29, 0.717) is 29.5 Å². The van der Waals surface area contributed by atoms with Gasteiger partial charge in [-0.2, -0.15) is 0 Å². The Morgan fingerprint density at radius 2 is 2.03 bits per heavy atom. The number of hydrogen-bond acceptors (Lipinski definition) is 6. The average Bonchev–Trinajstić information content (AvgIpc) is 3.28. The molecule has 0 radical (unpaired) electrons. The highest BCUT2D eigenvalue weighted by Gasteiger charge is 2.27. The maximum absolute atomic E-state index is 12.8. The quantitative estimate of drug-likeness (QED) is 0.637. The number of carbonyl (C=O) groups excluding carboxylic acids is 1. The molecule has 0 aliphatic carbocycles. The Morgan fingerprint density at radius 3 is 2.84 bits per heavy atom. The maximum Gasteiger partial charge on any atom is 0.241 e. The Balaban J connectivity index is 1.56. The third-order valence-electron chi connectivity index (χ3n) is 6.21. The van der Waals surface area contributed by atoms with Crippen LogP contribution in [0.5, 0.6) is 0 Å². The van der Waals surface area contributed by atoms with Gasteiger partial charge in [-0.15, -0.1) is 0 Å². The minimum atomic E-state index is -3.36. The summed E-state index contributed by atoms with van der Waals surface area (Å²) in [5.41, 5.74) is 3.31. The molecule has 0 spiro atoms. The van der Waals surface area contributed by atoms with E-state index in [2.05, 4.69) is 10.6 Å². The van der Waals surface area contributed by atoms with Gasteiger partial charge >= 0.3 is 0 Å². The number of anilines is 2. The van der Waals surface area contributed by atoms with Gasteiger partial charge in [0.1, 0.15) is 5.82 Å². The molecule has 1 amide bonds. The van der Waals surface area contributed by atoms with Crippen molar-refractivity contribution in [1.82, 2.24) is 10.3 Å². The zero-order chi connectivity index (χ0) is 22.3. The fourth-order valence-electron chi connectivity index (χ4n) is 4.48. The minimum Gasteiger partial charge on any atom is -0.351 e. The van der Waals surface area contributed by atoms with Crippen LogP contribution in [-0.4, -0.2) is 44.2 Å². The molecule has 8 heteroatoms. The lowest BCUT2D eigenvalue weighted by atomic mass is 10.1. The van der Waals surface area contributed by atoms with Crippen LogP contribution in [0.25, 0.3) is 10.9 Å². The summed E-state index contributed by atoms with van der Waals surface area (Å²) in [5, 5.41) is 7.21. The third-order valence-corrected chi connectivity index (χ3v) is 8.00. The second-order valence-corrected chi connectivity index (χ2v) is 10.6. The van der Waals surface area contributed by atoms with E-state index >= 15 is 0 Å². The summed E-state index contributed by atoms with van der Waals surface area (Å²) >= 11 is 0. The number of aryl methyl sites for hydroxylation is 1. The average molecular weight is 451 g/mol. The van der Waals surface area contributed by atoms with Crippen LogP contribution in [0, 0.1) is 6.92 Å². The van der Waals surface area contributed by atoms with Gasteiger partial charge in [0.15, 0.2) is 9.84 Å². The number of nitrogens with one attached hydrogen (secondary N) is 2. The molecule has 2 aliphatic heterocycles. The highest BCUT2D eigenvalue weighted by atomic mass is 32.2.